The van der Waals surface area contributed by atoms with Crippen LogP contribution in [0.15, 0.2) is 65.5 Å². The van der Waals surface area contributed by atoms with Crippen molar-refractivity contribution >= 4 is 39.5 Å². The topological polar surface area (TPSA) is 110 Å². The molecule has 0 saturated carbocycles. The molecule has 0 aliphatic carbocycles. The van der Waals surface area contributed by atoms with Crippen molar-refractivity contribution in [1.82, 2.24) is 25.0 Å². The molecule has 2 amide bonds. The highest BCUT2D eigenvalue weighted by Gasteiger charge is 2.40. The fraction of sp³-hybridized carbons (Fsp3) is 0.258. The second-order valence-corrected chi connectivity index (χ2v) is 10.5. The molecule has 1 N–H and O–H groups in total. The molecule has 3 aromatic heterocycles. The van der Waals surface area contributed by atoms with Crippen molar-refractivity contribution in [3.05, 3.63) is 83.8 Å². The Balaban J connectivity index is 1.21. The number of Topliss-reactive ketones (excluding diaryl/α,β-unsaturated/α-hetero) is 1. The molecule has 1 saturated heterocycles. The van der Waals surface area contributed by atoms with Crippen LogP contribution >= 0.6 is 0 Å². The lowest BCUT2D eigenvalue weighted by Crippen LogP contribution is -2.46. The fourth-order valence-corrected chi connectivity index (χ4v) is 5.59. The van der Waals surface area contributed by atoms with Gasteiger partial charge in [0.1, 0.15) is 35.9 Å². The maximum absolute atomic E-state index is 14.6. The summed E-state index contributed by atoms with van der Waals surface area (Å²) in [6, 6.07) is 10.5. The summed E-state index contributed by atoms with van der Waals surface area (Å²) >= 11 is 0. The van der Waals surface area contributed by atoms with E-state index in [1.54, 1.807) is 30.1 Å². The van der Waals surface area contributed by atoms with E-state index in [0.717, 1.165) is 11.1 Å². The van der Waals surface area contributed by atoms with Crippen LogP contribution in [0.5, 0.6) is 0 Å². The predicted molar refractivity (Wildman–Crippen MR) is 151 cm³/mol. The van der Waals surface area contributed by atoms with E-state index in [0.29, 0.717) is 38.8 Å². The maximum atomic E-state index is 14.6. The number of alkyl halides is 1. The van der Waals surface area contributed by atoms with Crippen LogP contribution in [0.3, 0.4) is 0 Å². The summed E-state index contributed by atoms with van der Waals surface area (Å²) in [7, 11) is 0. The number of hydrogen-bond donors (Lipinski definition) is 1. The van der Waals surface area contributed by atoms with E-state index < -0.39 is 29.8 Å². The van der Waals surface area contributed by atoms with Gasteiger partial charge in [0.25, 0.3) is 0 Å². The van der Waals surface area contributed by atoms with E-state index in [1.165, 1.54) is 30.0 Å². The Hall–Kier alpha value is -4.93. The number of aryl methyl sites for hydroxylation is 1. The third-order valence-electron chi connectivity index (χ3n) is 7.78. The number of carbonyl (C=O) groups excluding carboxylic acids is 3. The van der Waals surface area contributed by atoms with Gasteiger partial charge in [0.05, 0.1) is 25.5 Å². The minimum atomic E-state index is -1.36. The molecular formula is C31H27F2N5O4. The zero-order chi connectivity index (χ0) is 29.5. The van der Waals surface area contributed by atoms with Crippen LogP contribution in [0.2, 0.25) is 0 Å². The molecule has 0 radical (unpaired) electrons. The Morgan fingerprint density at radius 2 is 1.90 bits per heavy atom. The van der Waals surface area contributed by atoms with E-state index in [9.17, 15) is 23.2 Å². The highest BCUT2D eigenvalue weighted by atomic mass is 19.1. The second-order valence-electron chi connectivity index (χ2n) is 10.5. The first-order valence-corrected chi connectivity index (χ1v) is 13.5. The van der Waals surface area contributed by atoms with Crippen LogP contribution in [0.1, 0.15) is 35.0 Å². The molecule has 1 aliphatic rings. The molecule has 6 rings (SSSR count). The fourth-order valence-electron chi connectivity index (χ4n) is 5.59. The number of rotatable bonds is 7. The summed E-state index contributed by atoms with van der Waals surface area (Å²) in [5.74, 6) is -1.06. The minimum Gasteiger partial charge on any atom is -0.459 e. The Bertz CT molecular complexity index is 1850. The third-order valence-corrected chi connectivity index (χ3v) is 7.78. The van der Waals surface area contributed by atoms with Gasteiger partial charge in [-0.25, -0.2) is 8.78 Å². The van der Waals surface area contributed by atoms with Crippen molar-refractivity contribution in [3.8, 4) is 11.1 Å². The molecule has 11 heteroatoms. The van der Waals surface area contributed by atoms with Crippen molar-refractivity contribution in [3.63, 3.8) is 0 Å². The van der Waals surface area contributed by atoms with Crippen molar-refractivity contribution < 1.29 is 27.6 Å². The van der Waals surface area contributed by atoms with E-state index in [-0.39, 0.29) is 31.8 Å². The zero-order valence-corrected chi connectivity index (χ0v) is 22.9. The van der Waals surface area contributed by atoms with Gasteiger partial charge in [0, 0.05) is 45.6 Å². The standard InChI is InChI=1S/C31H27F2N5O4/c1-17-23-10-21(32)4-6-28(23)42-29(17)13-34-31(41)27-11-22(33)14-38(27)30(40)16-37-15-25(18(2)39)24-9-19(3-5-26(24)37)20-7-8-35-36-12-20/h3-10,12,15,22,27H,11,13-14,16H2,1-2H3,(H,34,41)/t22-,27+/m1/s1. The second kappa shape index (κ2) is 10.8. The highest BCUT2D eigenvalue weighted by molar-refractivity contribution is 6.08. The van der Waals surface area contributed by atoms with Crippen LogP contribution in [0, 0.1) is 12.7 Å². The molecule has 0 unspecified atom stereocenters. The van der Waals surface area contributed by atoms with Gasteiger partial charge in [0.15, 0.2) is 5.78 Å². The monoisotopic (exact) mass is 571 g/mol. The summed E-state index contributed by atoms with van der Waals surface area (Å²) in [4.78, 5) is 40.3. The van der Waals surface area contributed by atoms with Gasteiger partial charge in [0.2, 0.25) is 11.8 Å². The highest BCUT2D eigenvalue weighted by Crippen LogP contribution is 2.30. The van der Waals surface area contributed by atoms with Gasteiger partial charge in [-0.15, -0.1) is 0 Å². The van der Waals surface area contributed by atoms with Crippen molar-refractivity contribution in [2.45, 2.75) is 45.6 Å². The average molecular weight is 572 g/mol. The molecule has 9 nitrogen and oxygen atoms in total. The van der Waals surface area contributed by atoms with E-state index in [1.807, 2.05) is 24.3 Å². The summed E-state index contributed by atoms with van der Waals surface area (Å²) in [5, 5.41) is 11.7. The van der Waals surface area contributed by atoms with Gasteiger partial charge in [-0.3, -0.25) is 14.4 Å². The zero-order valence-electron chi connectivity index (χ0n) is 22.9. The van der Waals surface area contributed by atoms with Gasteiger partial charge >= 0.3 is 0 Å². The first-order valence-electron chi connectivity index (χ1n) is 13.5. The van der Waals surface area contributed by atoms with E-state index in [2.05, 4.69) is 15.5 Å². The number of aromatic nitrogens is 3. The molecule has 2 aromatic carbocycles. The number of nitrogens with zero attached hydrogens (tertiary/aromatic N) is 4. The van der Waals surface area contributed by atoms with Gasteiger partial charge < -0.3 is 19.2 Å². The number of hydrogen-bond acceptors (Lipinski definition) is 6. The van der Waals surface area contributed by atoms with Crippen molar-refractivity contribution in [1.29, 1.82) is 0 Å². The number of halogens is 2. The van der Waals surface area contributed by atoms with Crippen LogP contribution < -0.4 is 5.32 Å². The number of nitrogens with one attached hydrogen (secondary N) is 1. The van der Waals surface area contributed by atoms with Crippen LogP contribution in [0.4, 0.5) is 8.78 Å². The Kier molecular flexibility index (Phi) is 7.01. The lowest BCUT2D eigenvalue weighted by molar-refractivity contribution is -0.139. The summed E-state index contributed by atoms with van der Waals surface area (Å²) in [6.45, 7) is 2.85. The molecule has 42 heavy (non-hydrogen) atoms. The lowest BCUT2D eigenvalue weighted by atomic mass is 10.0. The maximum Gasteiger partial charge on any atom is 0.243 e. The number of likely N-dealkylation sites (tertiary alicyclic amines) is 1. The predicted octanol–water partition coefficient (Wildman–Crippen LogP) is 4.75. The Labute approximate surface area is 239 Å². The van der Waals surface area contributed by atoms with Crippen LogP contribution in [0.25, 0.3) is 33.0 Å². The molecule has 0 bridgehead atoms. The number of carbonyl (C=O) groups is 3. The van der Waals surface area contributed by atoms with Crippen LogP contribution in [-0.2, 0) is 22.7 Å². The van der Waals surface area contributed by atoms with Crippen molar-refractivity contribution in [2.24, 2.45) is 0 Å². The Morgan fingerprint density at radius 3 is 2.67 bits per heavy atom. The third kappa shape index (κ3) is 5.02. The number of amides is 2. The number of fused-ring (bicyclic) bond motifs is 2. The SMILES string of the molecule is CC(=O)c1cn(CC(=O)N2C[C@H](F)C[C@H]2C(=O)NCc2oc3ccc(F)cc3c2C)c2ccc(-c3ccnnc3)cc12. The summed E-state index contributed by atoms with van der Waals surface area (Å²) in [5.41, 5.74) is 3.96. The number of ketones is 1. The Morgan fingerprint density at radius 1 is 1.07 bits per heavy atom. The van der Waals surface area contributed by atoms with Crippen LogP contribution in [-0.4, -0.2) is 56.0 Å². The first kappa shape index (κ1) is 27.3. The number of benzene rings is 2. The molecule has 214 valence electrons. The minimum absolute atomic E-state index is 0.00991. The molecule has 0 spiro atoms. The van der Waals surface area contributed by atoms with Crippen molar-refractivity contribution in [2.75, 3.05) is 6.54 Å². The summed E-state index contributed by atoms with van der Waals surface area (Å²) in [6.07, 6.45) is 3.33. The normalized spacial score (nSPS) is 16.8. The lowest BCUT2D eigenvalue weighted by Gasteiger charge is -2.24. The molecule has 4 heterocycles. The summed E-state index contributed by atoms with van der Waals surface area (Å²) < 4.78 is 35.7. The smallest absolute Gasteiger partial charge is 0.243 e. The average Bonchev–Trinajstić information content (AvgIpc) is 3.65. The molecular weight excluding hydrogens is 544 g/mol. The molecule has 2 atom stereocenters. The van der Waals surface area contributed by atoms with E-state index >= 15 is 0 Å². The molecule has 1 fully saturated rings. The quantitative estimate of drug-likeness (QED) is 0.283. The van der Waals surface area contributed by atoms with Gasteiger partial charge in [-0.05, 0) is 55.8 Å². The molecule has 5 aromatic rings. The van der Waals surface area contributed by atoms with Gasteiger partial charge in [-0.1, -0.05) is 6.07 Å². The molecule has 1 aliphatic heterocycles. The van der Waals surface area contributed by atoms with Gasteiger partial charge in [-0.2, -0.15) is 10.2 Å². The number of furan rings is 1. The van der Waals surface area contributed by atoms with E-state index in [4.69, 9.17) is 4.42 Å². The first-order chi connectivity index (χ1) is 20.2. The largest absolute Gasteiger partial charge is 0.459 e.